The maximum Gasteiger partial charge on any atom is 0.0414 e. The largest absolute Gasteiger partial charge is 0.550 e. The zero-order valence-electron chi connectivity index (χ0n) is 19.2. The minimum Gasteiger partial charge on any atom is -0.550 e. The van der Waals surface area contributed by atoms with Crippen molar-refractivity contribution in [3.05, 3.63) is 0 Å². The number of unbranched alkanes of at least 4 members (excludes halogenated alkanes) is 7. The summed E-state index contributed by atoms with van der Waals surface area (Å²) in [6.45, 7) is 0. The van der Waals surface area contributed by atoms with E-state index in [4.69, 9.17) is 0 Å². The quantitative estimate of drug-likeness (QED) is 0.157. The summed E-state index contributed by atoms with van der Waals surface area (Å²) in [5, 5.41) is 59.1. The Morgan fingerprint density at radius 2 is 0.382 bits per heavy atom. The number of carboxylic acids is 6. The summed E-state index contributed by atoms with van der Waals surface area (Å²) < 4.78 is 0. The predicted octanol–water partition coefficient (Wildman–Crippen LogP) is -4.30. The second-order valence-corrected chi connectivity index (χ2v) is 7.27. The highest BCUT2D eigenvalue weighted by molar-refractivity contribution is 5.66. The molecule has 0 aromatic rings. The number of carbonyl (C=O) groups excluding carboxylic acids is 6. The van der Waals surface area contributed by atoms with Crippen molar-refractivity contribution in [3.8, 4) is 0 Å². The molecule has 0 aliphatic carbocycles. The first-order chi connectivity index (χ1) is 15.9. The summed E-state index contributed by atoms with van der Waals surface area (Å²) in [5.74, 6) is -6.56. The predicted molar refractivity (Wildman–Crippen MR) is 104 cm³/mol. The van der Waals surface area contributed by atoms with Crippen LogP contribution in [0.25, 0.3) is 0 Å². The van der Waals surface area contributed by atoms with Crippen LogP contribution in [0.5, 0.6) is 0 Å². The van der Waals surface area contributed by atoms with E-state index in [9.17, 15) is 59.4 Å². The van der Waals surface area contributed by atoms with E-state index >= 15 is 0 Å². The van der Waals surface area contributed by atoms with Crippen LogP contribution in [0, 0.1) is 0 Å². The Labute approximate surface area is 198 Å². The van der Waals surface area contributed by atoms with Crippen LogP contribution in [-0.4, -0.2) is 35.8 Å². The summed E-state index contributed by atoms with van der Waals surface area (Å²) in [6, 6.07) is 0. The van der Waals surface area contributed by atoms with Crippen LogP contribution in [0.2, 0.25) is 0 Å². The highest BCUT2D eigenvalue weighted by Crippen LogP contribution is 2.07. The summed E-state index contributed by atoms with van der Waals surface area (Å²) in [5.41, 5.74) is 0. The molecule has 12 nitrogen and oxygen atoms in total. The second-order valence-electron chi connectivity index (χ2n) is 7.27. The number of carbonyl (C=O) groups is 6. The van der Waals surface area contributed by atoms with Gasteiger partial charge < -0.3 is 59.4 Å². The molecule has 0 N–H and O–H groups in total. The van der Waals surface area contributed by atoms with Crippen LogP contribution < -0.4 is 30.6 Å². The lowest BCUT2D eigenvalue weighted by Crippen LogP contribution is -2.23. The van der Waals surface area contributed by atoms with E-state index < -0.39 is 35.8 Å². The molecule has 0 spiro atoms. The maximum absolute atomic E-state index is 10.0. The van der Waals surface area contributed by atoms with Gasteiger partial charge in [0.2, 0.25) is 0 Å². The lowest BCUT2D eigenvalue weighted by molar-refractivity contribution is -0.308. The average molecular weight is 488 g/mol. The number of aliphatic carboxylic acids is 6. The Morgan fingerprint density at radius 3 is 0.529 bits per heavy atom. The average Bonchev–Trinajstić information content (AvgIpc) is 2.70. The van der Waals surface area contributed by atoms with Gasteiger partial charge in [-0.1, -0.05) is 25.7 Å². The monoisotopic (exact) mass is 488 g/mol. The number of hydrogen-bond donors (Lipinski definition) is 0. The normalized spacial score (nSPS) is 9.53. The molecule has 0 atom stereocenters. The standard InChI is InChI=1S/C10H18O4.2C6H10O4/c11-9(12)7-5-3-1-2-4-6-8-10(13)14;2*7-5(8)3-1-2-4-6(9)10/h1-8H2,(H,11,12)(H,13,14);2*1-4H2,(H,7,8)(H,9,10)/p-6. The summed E-state index contributed by atoms with van der Waals surface area (Å²) in [6.07, 6.45) is 6.30. The van der Waals surface area contributed by atoms with Crippen molar-refractivity contribution in [2.24, 2.45) is 0 Å². The lowest BCUT2D eigenvalue weighted by atomic mass is 10.1. The van der Waals surface area contributed by atoms with Gasteiger partial charge in [0.1, 0.15) is 0 Å². The van der Waals surface area contributed by atoms with Crippen molar-refractivity contribution in [2.75, 3.05) is 0 Å². The van der Waals surface area contributed by atoms with E-state index in [1.54, 1.807) is 0 Å². The Bertz CT molecular complexity index is 517. The molecule has 0 fully saturated rings. The molecule has 198 valence electrons. The van der Waals surface area contributed by atoms with E-state index in [1.165, 1.54) is 0 Å². The van der Waals surface area contributed by atoms with Crippen molar-refractivity contribution in [3.63, 3.8) is 0 Å². The fourth-order valence-corrected chi connectivity index (χ4v) is 2.32. The third kappa shape index (κ3) is 46.8. The smallest absolute Gasteiger partial charge is 0.0414 e. The van der Waals surface area contributed by atoms with Gasteiger partial charge in [-0.3, -0.25) is 0 Å². The molecule has 0 radical (unpaired) electrons. The van der Waals surface area contributed by atoms with E-state index in [0.29, 0.717) is 38.5 Å². The number of rotatable bonds is 19. The SMILES string of the molecule is O=C([O-])CCCCC(=O)[O-].O=C([O-])CCCCC(=O)[O-].O=C([O-])CCCCCCCCC(=O)[O-]. The number of hydrogen-bond acceptors (Lipinski definition) is 12. The van der Waals surface area contributed by atoms with Gasteiger partial charge in [-0.15, -0.1) is 0 Å². The van der Waals surface area contributed by atoms with Crippen LogP contribution >= 0.6 is 0 Å². The molecule has 0 aliphatic heterocycles. The molecule has 0 rings (SSSR count). The van der Waals surface area contributed by atoms with Gasteiger partial charge in [-0.25, -0.2) is 0 Å². The van der Waals surface area contributed by atoms with Crippen molar-refractivity contribution in [2.45, 2.75) is 103 Å². The molecule has 0 aromatic heterocycles. The van der Waals surface area contributed by atoms with Gasteiger partial charge >= 0.3 is 0 Å². The molecule has 0 saturated heterocycles. The minimum absolute atomic E-state index is 0.0761. The molecule has 0 aliphatic rings. The zero-order chi connectivity index (χ0) is 26.8. The van der Waals surface area contributed by atoms with Crippen LogP contribution in [0.4, 0.5) is 0 Å². The van der Waals surface area contributed by atoms with Crippen LogP contribution in [0.15, 0.2) is 0 Å². The topological polar surface area (TPSA) is 241 Å². The molecule has 0 saturated carbocycles. The summed E-state index contributed by atoms with van der Waals surface area (Å²) in [4.78, 5) is 59.1. The molecule has 12 heteroatoms. The highest BCUT2D eigenvalue weighted by atomic mass is 16.4. The van der Waals surface area contributed by atoms with Crippen LogP contribution in [0.1, 0.15) is 103 Å². The van der Waals surface area contributed by atoms with Gasteiger partial charge in [0.25, 0.3) is 0 Å². The Hall–Kier alpha value is -3.18. The van der Waals surface area contributed by atoms with Gasteiger partial charge in [-0.05, 0) is 77.0 Å². The van der Waals surface area contributed by atoms with Crippen molar-refractivity contribution < 1.29 is 59.4 Å². The highest BCUT2D eigenvalue weighted by Gasteiger charge is 1.93. The Kier molecular flexibility index (Phi) is 27.2. The summed E-state index contributed by atoms with van der Waals surface area (Å²) >= 11 is 0. The second kappa shape index (κ2) is 26.1. The Balaban J connectivity index is -0.000000434. The first-order valence-corrected chi connectivity index (χ1v) is 11.1. The fourth-order valence-electron chi connectivity index (χ4n) is 2.32. The molecule has 0 bridgehead atoms. The molecular weight excluding hydrogens is 456 g/mol. The molecule has 0 amide bonds. The van der Waals surface area contributed by atoms with E-state index in [2.05, 4.69) is 0 Å². The zero-order valence-corrected chi connectivity index (χ0v) is 19.2. The van der Waals surface area contributed by atoms with E-state index in [0.717, 1.165) is 25.7 Å². The van der Waals surface area contributed by atoms with Gasteiger partial charge in [0, 0.05) is 35.8 Å². The van der Waals surface area contributed by atoms with Gasteiger partial charge in [0.15, 0.2) is 0 Å². The number of carboxylic acid groups (broad SMARTS) is 6. The molecule has 0 aromatic carbocycles. The van der Waals surface area contributed by atoms with Gasteiger partial charge in [-0.2, -0.15) is 0 Å². The maximum atomic E-state index is 10.0. The first kappa shape index (κ1) is 35.4. The van der Waals surface area contributed by atoms with Crippen molar-refractivity contribution >= 4 is 35.8 Å². The molecule has 0 unspecified atom stereocenters. The Morgan fingerprint density at radius 1 is 0.265 bits per heavy atom. The third-order valence-corrected chi connectivity index (χ3v) is 4.04. The van der Waals surface area contributed by atoms with E-state index in [-0.39, 0.29) is 38.5 Å². The van der Waals surface area contributed by atoms with Crippen LogP contribution in [-0.2, 0) is 28.8 Å². The first-order valence-electron chi connectivity index (χ1n) is 11.1. The van der Waals surface area contributed by atoms with Crippen LogP contribution in [0.3, 0.4) is 0 Å². The molecule has 0 heterocycles. The summed E-state index contributed by atoms with van der Waals surface area (Å²) in [7, 11) is 0. The molecular formula is C22H32O12-6. The third-order valence-electron chi connectivity index (χ3n) is 4.04. The van der Waals surface area contributed by atoms with Crippen molar-refractivity contribution in [1.29, 1.82) is 0 Å². The fraction of sp³-hybridized carbons (Fsp3) is 0.727. The lowest BCUT2D eigenvalue weighted by Gasteiger charge is -2.03. The van der Waals surface area contributed by atoms with Crippen molar-refractivity contribution in [1.82, 2.24) is 0 Å². The van der Waals surface area contributed by atoms with Gasteiger partial charge in [0.05, 0.1) is 0 Å². The minimum atomic E-state index is -1.14. The molecule has 34 heavy (non-hydrogen) atoms. The van der Waals surface area contributed by atoms with E-state index in [1.807, 2.05) is 0 Å².